The first-order chi connectivity index (χ1) is 6.45. The van der Waals surface area contributed by atoms with Gasteiger partial charge in [0, 0.05) is 6.54 Å². The average molecular weight is 273 g/mol. The molecule has 0 aliphatic carbocycles. The lowest BCUT2D eigenvalue weighted by atomic mass is 9.98. The Labute approximate surface area is 111 Å². The summed E-state index contributed by atoms with van der Waals surface area (Å²) in [5.74, 6) is 0.937. The minimum absolute atomic E-state index is 0. The lowest BCUT2D eigenvalue weighted by molar-refractivity contribution is 0.180. The van der Waals surface area contributed by atoms with Crippen LogP contribution in [0.4, 0.5) is 0 Å². The Morgan fingerprint density at radius 3 is 2.25 bits per heavy atom. The Kier molecular flexibility index (Phi) is 12.5. The van der Waals surface area contributed by atoms with Crippen molar-refractivity contribution >= 4 is 24.8 Å². The molecule has 0 amide bonds. The molecule has 0 bridgehead atoms. The molecule has 1 unspecified atom stereocenters. The summed E-state index contributed by atoms with van der Waals surface area (Å²) >= 11 is 0. The van der Waals surface area contributed by atoms with Crippen LogP contribution in [0.2, 0.25) is 0 Å². The average Bonchev–Trinajstić information content (AvgIpc) is 2.21. The van der Waals surface area contributed by atoms with E-state index in [0.29, 0.717) is 0 Å². The zero-order valence-corrected chi connectivity index (χ0v) is 11.5. The van der Waals surface area contributed by atoms with Crippen LogP contribution in [-0.2, 0) is 0 Å². The van der Waals surface area contributed by atoms with Crippen LogP contribution in [0, 0.1) is 5.92 Å². The highest BCUT2D eigenvalue weighted by Gasteiger charge is 2.17. The van der Waals surface area contributed by atoms with Gasteiger partial charge in [-0.1, -0.05) is 6.42 Å². The normalized spacial score (nSPS) is 25.9. The smallest absolute Gasteiger partial charge is 0.00218 e. The molecular formula is C11H26Cl2N2O. The van der Waals surface area contributed by atoms with Gasteiger partial charge in [0.1, 0.15) is 0 Å². The molecule has 0 spiro atoms. The molecule has 100 valence electrons. The number of likely N-dealkylation sites (tertiary alicyclic amines) is 1. The van der Waals surface area contributed by atoms with Crippen molar-refractivity contribution in [2.75, 3.05) is 32.7 Å². The summed E-state index contributed by atoms with van der Waals surface area (Å²) in [7, 11) is 0. The second kappa shape index (κ2) is 10.6. The van der Waals surface area contributed by atoms with E-state index in [1.165, 1.54) is 64.8 Å². The van der Waals surface area contributed by atoms with Gasteiger partial charge in [-0.2, -0.15) is 0 Å². The van der Waals surface area contributed by atoms with Crippen LogP contribution < -0.4 is 5.32 Å². The maximum atomic E-state index is 3.50. The molecule has 2 aliphatic heterocycles. The SMILES string of the molecule is C1CCN(CC2CCCNC2)CC1.Cl.Cl.O. The number of rotatable bonds is 2. The summed E-state index contributed by atoms with van der Waals surface area (Å²) in [6.45, 7) is 6.58. The predicted octanol–water partition coefficient (Wildman–Crippen LogP) is 1.49. The van der Waals surface area contributed by atoms with Crippen LogP contribution in [0.5, 0.6) is 0 Å². The monoisotopic (exact) mass is 272 g/mol. The van der Waals surface area contributed by atoms with Crippen LogP contribution in [0.25, 0.3) is 0 Å². The Bertz CT molecular complexity index is 133. The van der Waals surface area contributed by atoms with E-state index < -0.39 is 0 Å². The Hall–Kier alpha value is 0.460. The van der Waals surface area contributed by atoms with Gasteiger partial charge in [0.15, 0.2) is 0 Å². The summed E-state index contributed by atoms with van der Waals surface area (Å²) in [6, 6.07) is 0. The molecule has 3 N–H and O–H groups in total. The van der Waals surface area contributed by atoms with Crippen LogP contribution in [0.15, 0.2) is 0 Å². The highest BCUT2D eigenvalue weighted by atomic mass is 35.5. The molecular weight excluding hydrogens is 247 g/mol. The molecule has 0 aromatic rings. The third-order valence-corrected chi connectivity index (χ3v) is 3.36. The number of piperidine rings is 2. The lowest BCUT2D eigenvalue weighted by Gasteiger charge is -2.32. The molecule has 0 aromatic carbocycles. The summed E-state index contributed by atoms with van der Waals surface area (Å²) in [4.78, 5) is 2.67. The number of hydrogen-bond acceptors (Lipinski definition) is 2. The quantitative estimate of drug-likeness (QED) is 0.828. The minimum atomic E-state index is 0. The Morgan fingerprint density at radius 2 is 1.69 bits per heavy atom. The van der Waals surface area contributed by atoms with Crippen LogP contribution in [0.3, 0.4) is 0 Å². The fourth-order valence-corrected chi connectivity index (χ4v) is 2.59. The van der Waals surface area contributed by atoms with Crippen LogP contribution >= 0.6 is 24.8 Å². The molecule has 1 atom stereocenters. The van der Waals surface area contributed by atoms with Crippen LogP contribution in [-0.4, -0.2) is 43.1 Å². The Morgan fingerprint density at radius 1 is 1.00 bits per heavy atom. The topological polar surface area (TPSA) is 46.8 Å². The molecule has 0 saturated carbocycles. The van der Waals surface area contributed by atoms with Crippen molar-refractivity contribution in [3.05, 3.63) is 0 Å². The van der Waals surface area contributed by atoms with Gasteiger partial charge in [-0.05, 0) is 57.8 Å². The van der Waals surface area contributed by atoms with Gasteiger partial charge in [0.2, 0.25) is 0 Å². The first-order valence-electron chi connectivity index (χ1n) is 5.88. The largest absolute Gasteiger partial charge is 0.412 e. The molecule has 16 heavy (non-hydrogen) atoms. The van der Waals surface area contributed by atoms with E-state index in [4.69, 9.17) is 0 Å². The molecule has 0 radical (unpaired) electrons. The first kappa shape index (κ1) is 18.8. The minimum Gasteiger partial charge on any atom is -0.412 e. The van der Waals surface area contributed by atoms with E-state index in [-0.39, 0.29) is 30.3 Å². The third kappa shape index (κ3) is 6.26. The molecule has 2 heterocycles. The zero-order chi connectivity index (χ0) is 8.93. The van der Waals surface area contributed by atoms with Crippen molar-refractivity contribution in [1.29, 1.82) is 0 Å². The molecule has 2 aliphatic rings. The molecule has 3 nitrogen and oxygen atoms in total. The second-order valence-electron chi connectivity index (χ2n) is 4.57. The molecule has 5 heteroatoms. The van der Waals surface area contributed by atoms with Crippen molar-refractivity contribution in [2.24, 2.45) is 5.92 Å². The molecule has 2 rings (SSSR count). The summed E-state index contributed by atoms with van der Waals surface area (Å²) in [5.41, 5.74) is 0. The van der Waals surface area contributed by atoms with E-state index in [2.05, 4.69) is 10.2 Å². The van der Waals surface area contributed by atoms with Gasteiger partial charge in [0.25, 0.3) is 0 Å². The van der Waals surface area contributed by atoms with Crippen molar-refractivity contribution < 1.29 is 5.48 Å². The lowest BCUT2D eigenvalue weighted by Crippen LogP contribution is -2.40. The predicted molar refractivity (Wildman–Crippen MR) is 74.0 cm³/mol. The fraction of sp³-hybridized carbons (Fsp3) is 1.00. The van der Waals surface area contributed by atoms with Crippen molar-refractivity contribution in [2.45, 2.75) is 32.1 Å². The van der Waals surface area contributed by atoms with Gasteiger partial charge in [-0.25, -0.2) is 0 Å². The van der Waals surface area contributed by atoms with Gasteiger partial charge in [0.05, 0.1) is 0 Å². The summed E-state index contributed by atoms with van der Waals surface area (Å²) in [5, 5.41) is 3.50. The molecule has 2 saturated heterocycles. The third-order valence-electron chi connectivity index (χ3n) is 3.36. The van der Waals surface area contributed by atoms with E-state index in [0.717, 1.165) is 5.92 Å². The second-order valence-corrected chi connectivity index (χ2v) is 4.57. The molecule has 2 fully saturated rings. The van der Waals surface area contributed by atoms with E-state index >= 15 is 0 Å². The van der Waals surface area contributed by atoms with E-state index in [9.17, 15) is 0 Å². The fourth-order valence-electron chi connectivity index (χ4n) is 2.59. The van der Waals surface area contributed by atoms with Gasteiger partial charge >= 0.3 is 0 Å². The van der Waals surface area contributed by atoms with E-state index in [1.807, 2.05) is 0 Å². The number of hydrogen-bond donors (Lipinski definition) is 1. The van der Waals surface area contributed by atoms with Crippen molar-refractivity contribution in [3.8, 4) is 0 Å². The van der Waals surface area contributed by atoms with Gasteiger partial charge in [-0.3, -0.25) is 0 Å². The first-order valence-corrected chi connectivity index (χ1v) is 5.88. The highest BCUT2D eigenvalue weighted by Crippen LogP contribution is 2.15. The van der Waals surface area contributed by atoms with Crippen LogP contribution in [0.1, 0.15) is 32.1 Å². The number of halogens is 2. The Balaban J connectivity index is 0. The zero-order valence-electron chi connectivity index (χ0n) is 9.91. The van der Waals surface area contributed by atoms with E-state index in [1.54, 1.807) is 0 Å². The maximum Gasteiger partial charge on any atom is 0.00218 e. The highest BCUT2D eigenvalue weighted by molar-refractivity contribution is 5.85. The van der Waals surface area contributed by atoms with Gasteiger partial charge in [-0.15, -0.1) is 24.8 Å². The van der Waals surface area contributed by atoms with Gasteiger partial charge < -0.3 is 15.7 Å². The van der Waals surface area contributed by atoms with Crippen molar-refractivity contribution in [3.63, 3.8) is 0 Å². The number of nitrogens with one attached hydrogen (secondary N) is 1. The number of nitrogens with zero attached hydrogens (tertiary/aromatic N) is 1. The standard InChI is InChI=1S/C11H22N2.2ClH.H2O/c1-2-7-13(8-3-1)10-11-5-4-6-12-9-11;;;/h11-12H,1-10H2;2*1H;1H2. The van der Waals surface area contributed by atoms with Crippen molar-refractivity contribution in [1.82, 2.24) is 10.2 Å². The molecule has 0 aromatic heterocycles. The summed E-state index contributed by atoms with van der Waals surface area (Å²) in [6.07, 6.45) is 7.15. The summed E-state index contributed by atoms with van der Waals surface area (Å²) < 4.78 is 0. The maximum absolute atomic E-state index is 3.50.